The molecule has 29 heavy (non-hydrogen) atoms. The molecule has 0 aliphatic carbocycles. The molecule has 0 unspecified atom stereocenters. The minimum absolute atomic E-state index is 0.0374. The van der Waals surface area contributed by atoms with Crippen LogP contribution in [-0.2, 0) is 19.1 Å². The van der Waals surface area contributed by atoms with E-state index in [0.29, 0.717) is 29.5 Å². The van der Waals surface area contributed by atoms with E-state index < -0.39 is 5.97 Å². The highest BCUT2D eigenvalue weighted by atomic mass is 35.5. The summed E-state index contributed by atoms with van der Waals surface area (Å²) in [5, 5.41) is 4.81. The lowest BCUT2D eigenvalue weighted by atomic mass is 10.2. The summed E-state index contributed by atoms with van der Waals surface area (Å²) in [7, 11) is 0. The number of para-hydroxylation sites is 1. The van der Waals surface area contributed by atoms with Gasteiger partial charge in [-0.2, -0.15) is 5.10 Å². The van der Waals surface area contributed by atoms with Gasteiger partial charge in [-0.25, -0.2) is 9.48 Å². The molecule has 0 N–H and O–H groups in total. The van der Waals surface area contributed by atoms with E-state index in [9.17, 15) is 9.59 Å². The van der Waals surface area contributed by atoms with Gasteiger partial charge < -0.3 is 14.4 Å². The maximum absolute atomic E-state index is 12.3. The molecule has 8 heteroatoms. The van der Waals surface area contributed by atoms with E-state index in [-0.39, 0.29) is 24.7 Å². The van der Waals surface area contributed by atoms with Crippen molar-refractivity contribution in [2.45, 2.75) is 33.0 Å². The fourth-order valence-corrected chi connectivity index (χ4v) is 3.58. The molecular formula is C21H24ClN3O4. The molecule has 0 bridgehead atoms. The second-order valence-electron chi connectivity index (χ2n) is 7.03. The number of benzene rings is 1. The molecule has 2 atom stereocenters. The number of hydrogen-bond donors (Lipinski definition) is 0. The van der Waals surface area contributed by atoms with Crippen LogP contribution in [0, 0.1) is 6.92 Å². The lowest BCUT2D eigenvalue weighted by Gasteiger charge is -2.35. The molecule has 2 aromatic rings. The zero-order chi connectivity index (χ0) is 21.0. The molecular weight excluding hydrogens is 394 g/mol. The summed E-state index contributed by atoms with van der Waals surface area (Å²) in [6, 6.07) is 9.47. The Morgan fingerprint density at radius 2 is 1.90 bits per heavy atom. The highest BCUT2D eigenvalue weighted by Gasteiger charge is 2.26. The van der Waals surface area contributed by atoms with Crippen LogP contribution in [0.2, 0.25) is 5.15 Å². The van der Waals surface area contributed by atoms with Gasteiger partial charge in [0.05, 0.1) is 23.6 Å². The molecule has 1 amide bonds. The molecule has 0 spiro atoms. The van der Waals surface area contributed by atoms with Crippen molar-refractivity contribution in [2.75, 3.05) is 19.7 Å². The van der Waals surface area contributed by atoms with Gasteiger partial charge in [-0.1, -0.05) is 29.8 Å². The Hall–Kier alpha value is -2.64. The summed E-state index contributed by atoms with van der Waals surface area (Å²) >= 11 is 6.43. The molecule has 0 saturated carbocycles. The Bertz CT molecular complexity index is 900. The third-order valence-electron chi connectivity index (χ3n) is 4.55. The minimum atomic E-state index is -0.615. The van der Waals surface area contributed by atoms with Gasteiger partial charge in [-0.3, -0.25) is 4.79 Å². The number of amides is 1. The van der Waals surface area contributed by atoms with Crippen LogP contribution in [0.1, 0.15) is 25.1 Å². The van der Waals surface area contributed by atoms with Gasteiger partial charge in [0.1, 0.15) is 5.15 Å². The fraction of sp³-hybridized carbons (Fsp3) is 0.381. The van der Waals surface area contributed by atoms with Crippen LogP contribution in [0.3, 0.4) is 0 Å². The summed E-state index contributed by atoms with van der Waals surface area (Å²) in [4.78, 5) is 26.0. The minimum Gasteiger partial charge on any atom is -0.452 e. The molecule has 2 heterocycles. The Morgan fingerprint density at radius 3 is 2.55 bits per heavy atom. The van der Waals surface area contributed by atoms with Crippen LogP contribution >= 0.6 is 11.6 Å². The number of carbonyl (C=O) groups is 2. The molecule has 1 aliphatic rings. The number of aryl methyl sites for hydroxylation is 1. The predicted molar refractivity (Wildman–Crippen MR) is 110 cm³/mol. The topological polar surface area (TPSA) is 73.7 Å². The van der Waals surface area contributed by atoms with E-state index in [4.69, 9.17) is 21.1 Å². The van der Waals surface area contributed by atoms with Crippen LogP contribution in [0.15, 0.2) is 36.4 Å². The molecule has 3 rings (SSSR count). The van der Waals surface area contributed by atoms with Gasteiger partial charge in [-0.15, -0.1) is 0 Å². The van der Waals surface area contributed by atoms with Crippen molar-refractivity contribution in [3.05, 3.63) is 52.8 Å². The van der Waals surface area contributed by atoms with E-state index in [2.05, 4.69) is 5.10 Å². The third-order valence-corrected chi connectivity index (χ3v) is 4.91. The van der Waals surface area contributed by atoms with Crippen molar-refractivity contribution < 1.29 is 19.1 Å². The van der Waals surface area contributed by atoms with Crippen molar-refractivity contribution >= 4 is 29.6 Å². The molecule has 154 valence electrons. The number of halogens is 1. The average molecular weight is 418 g/mol. The number of hydrogen-bond acceptors (Lipinski definition) is 5. The van der Waals surface area contributed by atoms with Gasteiger partial charge in [0.2, 0.25) is 0 Å². The number of nitrogens with zero attached hydrogens (tertiary/aromatic N) is 3. The fourth-order valence-electron chi connectivity index (χ4n) is 3.25. The Labute approximate surface area is 174 Å². The first kappa shape index (κ1) is 21.1. The monoisotopic (exact) mass is 417 g/mol. The molecule has 1 aliphatic heterocycles. The largest absolute Gasteiger partial charge is 0.452 e. The quantitative estimate of drug-likeness (QED) is 0.552. The normalized spacial score (nSPS) is 19.5. The molecule has 0 radical (unpaired) electrons. The van der Waals surface area contributed by atoms with Crippen LogP contribution < -0.4 is 0 Å². The Morgan fingerprint density at radius 1 is 1.24 bits per heavy atom. The number of esters is 1. The van der Waals surface area contributed by atoms with E-state index in [1.807, 2.05) is 44.2 Å². The molecule has 1 aromatic carbocycles. The number of ether oxygens (including phenoxy) is 2. The summed E-state index contributed by atoms with van der Waals surface area (Å²) < 4.78 is 12.3. The molecule has 1 fully saturated rings. The van der Waals surface area contributed by atoms with Crippen molar-refractivity contribution in [3.63, 3.8) is 0 Å². The number of carbonyl (C=O) groups excluding carboxylic acids is 2. The smallest absolute Gasteiger partial charge is 0.331 e. The zero-order valence-corrected chi connectivity index (χ0v) is 17.4. The highest BCUT2D eigenvalue weighted by Crippen LogP contribution is 2.24. The average Bonchev–Trinajstić information content (AvgIpc) is 2.98. The van der Waals surface area contributed by atoms with Crippen LogP contribution in [0.5, 0.6) is 0 Å². The summed E-state index contributed by atoms with van der Waals surface area (Å²) in [5.41, 5.74) is 2.12. The second-order valence-corrected chi connectivity index (χ2v) is 7.39. The van der Waals surface area contributed by atoms with E-state index in [1.165, 1.54) is 6.08 Å². The maximum Gasteiger partial charge on any atom is 0.331 e. The van der Waals surface area contributed by atoms with Crippen LogP contribution in [0.25, 0.3) is 11.8 Å². The van der Waals surface area contributed by atoms with E-state index in [0.717, 1.165) is 5.69 Å². The molecule has 1 aromatic heterocycles. The Kier molecular flexibility index (Phi) is 6.71. The third kappa shape index (κ3) is 5.25. The zero-order valence-electron chi connectivity index (χ0n) is 16.7. The van der Waals surface area contributed by atoms with E-state index >= 15 is 0 Å². The van der Waals surface area contributed by atoms with Crippen molar-refractivity contribution in [3.8, 4) is 5.69 Å². The number of morpholine rings is 1. The second kappa shape index (κ2) is 9.24. The number of aromatic nitrogens is 2. The summed E-state index contributed by atoms with van der Waals surface area (Å²) in [6.07, 6.45) is 2.73. The molecule has 7 nitrogen and oxygen atoms in total. The molecule has 1 saturated heterocycles. The summed E-state index contributed by atoms with van der Waals surface area (Å²) in [6.45, 7) is 6.30. The SMILES string of the molecule is Cc1nn(-c2ccccc2)c(Cl)c1/C=C/C(=O)OCC(=O)N1C[C@H](C)O[C@@H](C)C1. The van der Waals surface area contributed by atoms with Gasteiger partial charge in [0.15, 0.2) is 6.61 Å². The maximum atomic E-state index is 12.3. The number of rotatable bonds is 5. The predicted octanol–water partition coefficient (Wildman–Crippen LogP) is 3.03. The van der Waals surface area contributed by atoms with Crippen molar-refractivity contribution in [1.82, 2.24) is 14.7 Å². The van der Waals surface area contributed by atoms with E-state index in [1.54, 1.807) is 22.6 Å². The van der Waals surface area contributed by atoms with Gasteiger partial charge >= 0.3 is 5.97 Å². The lowest BCUT2D eigenvalue weighted by Crippen LogP contribution is -2.49. The van der Waals surface area contributed by atoms with Gasteiger partial charge in [-0.05, 0) is 39.0 Å². The summed E-state index contributed by atoms with van der Waals surface area (Å²) in [5.74, 6) is -0.851. The first-order valence-corrected chi connectivity index (χ1v) is 9.81. The van der Waals surface area contributed by atoms with Gasteiger partial charge in [0, 0.05) is 24.7 Å². The first-order valence-electron chi connectivity index (χ1n) is 9.43. The highest BCUT2D eigenvalue weighted by molar-refractivity contribution is 6.31. The standard InChI is InChI=1S/C21H24ClN3O4/c1-14-11-24(12-15(2)29-14)19(26)13-28-20(27)10-9-18-16(3)23-25(21(18)22)17-7-5-4-6-8-17/h4-10,14-15H,11-13H2,1-3H3/b10-9+/t14-,15-/m0/s1. The first-order chi connectivity index (χ1) is 13.8. The lowest BCUT2D eigenvalue weighted by molar-refractivity contribution is -0.154. The van der Waals surface area contributed by atoms with Crippen LogP contribution in [0.4, 0.5) is 0 Å². The van der Waals surface area contributed by atoms with Crippen LogP contribution in [-0.4, -0.2) is 58.5 Å². The Balaban J connectivity index is 1.60. The van der Waals surface area contributed by atoms with Crippen molar-refractivity contribution in [1.29, 1.82) is 0 Å². The van der Waals surface area contributed by atoms with Crippen molar-refractivity contribution in [2.24, 2.45) is 0 Å². The van der Waals surface area contributed by atoms with Gasteiger partial charge in [0.25, 0.3) is 5.91 Å².